The second-order valence-electron chi connectivity index (χ2n) is 4.46. The molecule has 1 aliphatic heterocycles. The highest BCUT2D eigenvalue weighted by molar-refractivity contribution is 4.78. The number of rotatable bonds is 4. The molecule has 78 valence electrons. The van der Waals surface area contributed by atoms with Crippen LogP contribution in [0.3, 0.4) is 0 Å². The highest BCUT2D eigenvalue weighted by Crippen LogP contribution is 2.19. The van der Waals surface area contributed by atoms with Crippen LogP contribution in [0.5, 0.6) is 0 Å². The van der Waals surface area contributed by atoms with Gasteiger partial charge >= 0.3 is 0 Å². The molecule has 0 amide bonds. The minimum absolute atomic E-state index is 0.0694. The molecule has 1 rings (SSSR count). The molecule has 0 aliphatic carbocycles. The molecular formula is C10H21NO2. The Kier molecular flexibility index (Phi) is 4.16. The number of aliphatic hydroxyl groups excluding tert-OH is 2. The maximum Gasteiger partial charge on any atom is 0.0519 e. The van der Waals surface area contributed by atoms with Crippen molar-refractivity contribution < 1.29 is 10.2 Å². The second kappa shape index (κ2) is 4.94. The van der Waals surface area contributed by atoms with E-state index in [4.69, 9.17) is 10.2 Å². The van der Waals surface area contributed by atoms with Crippen LogP contribution in [-0.4, -0.2) is 48.0 Å². The Morgan fingerprint density at radius 1 is 1.08 bits per heavy atom. The van der Waals surface area contributed by atoms with Gasteiger partial charge in [-0.1, -0.05) is 13.3 Å². The maximum atomic E-state index is 9.13. The van der Waals surface area contributed by atoms with Crippen molar-refractivity contribution >= 4 is 0 Å². The molecule has 0 spiro atoms. The Bertz CT molecular complexity index is 140. The van der Waals surface area contributed by atoms with Crippen LogP contribution in [0.25, 0.3) is 0 Å². The Morgan fingerprint density at radius 3 is 2.08 bits per heavy atom. The lowest BCUT2D eigenvalue weighted by Crippen LogP contribution is -2.42. The van der Waals surface area contributed by atoms with Crippen molar-refractivity contribution in [3.8, 4) is 0 Å². The molecule has 1 saturated heterocycles. The fourth-order valence-electron chi connectivity index (χ4n) is 1.81. The molecule has 0 atom stereocenters. The van der Waals surface area contributed by atoms with E-state index in [1.165, 1.54) is 19.3 Å². The molecule has 1 aliphatic rings. The zero-order valence-electron chi connectivity index (χ0n) is 8.50. The van der Waals surface area contributed by atoms with Crippen molar-refractivity contribution in [1.29, 1.82) is 0 Å². The van der Waals surface area contributed by atoms with Crippen LogP contribution in [0.2, 0.25) is 0 Å². The molecule has 0 unspecified atom stereocenters. The number of likely N-dealkylation sites (tertiary alicyclic amines) is 1. The third kappa shape index (κ3) is 3.25. The average Bonchev–Trinajstić information content (AvgIpc) is 2.19. The summed E-state index contributed by atoms with van der Waals surface area (Å²) in [7, 11) is 0. The molecule has 0 saturated carbocycles. The molecule has 0 aromatic carbocycles. The van der Waals surface area contributed by atoms with E-state index in [1.807, 2.05) is 6.92 Å². The predicted octanol–water partition coefficient (Wildman–Crippen LogP) is 0.463. The number of aliphatic hydroxyl groups is 2. The summed E-state index contributed by atoms with van der Waals surface area (Å²) >= 11 is 0. The normalized spacial score (nSPS) is 20.5. The van der Waals surface area contributed by atoms with Gasteiger partial charge in [-0.2, -0.15) is 0 Å². The first kappa shape index (κ1) is 11.0. The summed E-state index contributed by atoms with van der Waals surface area (Å²) in [5.41, 5.74) is -0.322. The van der Waals surface area contributed by atoms with Crippen LogP contribution in [-0.2, 0) is 0 Å². The standard InChI is InChI=1S/C10H21NO2/c1-10(8-12,9-13)7-11-5-3-2-4-6-11/h12-13H,2-9H2,1H3. The summed E-state index contributed by atoms with van der Waals surface area (Å²) < 4.78 is 0. The predicted molar refractivity (Wildman–Crippen MR) is 52.6 cm³/mol. The van der Waals surface area contributed by atoms with Crippen LogP contribution in [0.15, 0.2) is 0 Å². The van der Waals surface area contributed by atoms with Crippen LogP contribution in [0, 0.1) is 5.41 Å². The number of piperidine rings is 1. The maximum absolute atomic E-state index is 9.13. The molecule has 13 heavy (non-hydrogen) atoms. The van der Waals surface area contributed by atoms with Crippen LogP contribution in [0.1, 0.15) is 26.2 Å². The highest BCUT2D eigenvalue weighted by Gasteiger charge is 2.26. The summed E-state index contributed by atoms with van der Waals surface area (Å²) in [6, 6.07) is 0. The molecule has 3 nitrogen and oxygen atoms in total. The van der Waals surface area contributed by atoms with Gasteiger partial charge in [-0.05, 0) is 25.9 Å². The summed E-state index contributed by atoms with van der Waals surface area (Å²) in [6.45, 7) is 5.13. The van der Waals surface area contributed by atoms with Gasteiger partial charge in [-0.3, -0.25) is 0 Å². The summed E-state index contributed by atoms with van der Waals surface area (Å²) in [4.78, 5) is 2.34. The van der Waals surface area contributed by atoms with Gasteiger partial charge in [-0.25, -0.2) is 0 Å². The zero-order valence-corrected chi connectivity index (χ0v) is 8.50. The van der Waals surface area contributed by atoms with E-state index in [9.17, 15) is 0 Å². The molecular weight excluding hydrogens is 166 g/mol. The van der Waals surface area contributed by atoms with Gasteiger partial charge in [0.25, 0.3) is 0 Å². The van der Waals surface area contributed by atoms with Gasteiger partial charge in [0.1, 0.15) is 0 Å². The lowest BCUT2D eigenvalue weighted by Gasteiger charge is -2.34. The first-order chi connectivity index (χ1) is 6.20. The highest BCUT2D eigenvalue weighted by atomic mass is 16.3. The van der Waals surface area contributed by atoms with Gasteiger partial charge in [0.05, 0.1) is 13.2 Å². The Labute approximate surface area is 80.4 Å². The Balaban J connectivity index is 2.35. The summed E-state index contributed by atoms with van der Waals surface area (Å²) in [5, 5.41) is 18.3. The van der Waals surface area contributed by atoms with Gasteiger partial charge in [0, 0.05) is 12.0 Å². The van der Waals surface area contributed by atoms with Crippen molar-refractivity contribution in [2.75, 3.05) is 32.8 Å². The lowest BCUT2D eigenvalue weighted by atomic mass is 9.91. The SMILES string of the molecule is CC(CO)(CO)CN1CCCCC1. The van der Waals surface area contributed by atoms with Gasteiger partial charge in [0.15, 0.2) is 0 Å². The third-order valence-corrected chi connectivity index (χ3v) is 2.82. The summed E-state index contributed by atoms with van der Waals surface area (Å²) in [6.07, 6.45) is 3.84. The minimum atomic E-state index is -0.322. The topological polar surface area (TPSA) is 43.7 Å². The minimum Gasteiger partial charge on any atom is -0.396 e. The van der Waals surface area contributed by atoms with Crippen LogP contribution >= 0.6 is 0 Å². The third-order valence-electron chi connectivity index (χ3n) is 2.82. The van der Waals surface area contributed by atoms with E-state index in [0.717, 1.165) is 19.6 Å². The van der Waals surface area contributed by atoms with E-state index in [0.29, 0.717) is 0 Å². The molecule has 0 aromatic rings. The summed E-state index contributed by atoms with van der Waals surface area (Å²) in [5.74, 6) is 0. The molecule has 1 heterocycles. The zero-order chi connectivity index (χ0) is 9.73. The molecule has 0 aromatic heterocycles. The number of nitrogens with zero attached hydrogens (tertiary/aromatic N) is 1. The second-order valence-corrected chi connectivity index (χ2v) is 4.46. The fourth-order valence-corrected chi connectivity index (χ4v) is 1.81. The number of hydrogen-bond donors (Lipinski definition) is 2. The van der Waals surface area contributed by atoms with Crippen molar-refractivity contribution in [3.63, 3.8) is 0 Å². The van der Waals surface area contributed by atoms with Crippen LogP contribution in [0.4, 0.5) is 0 Å². The van der Waals surface area contributed by atoms with Crippen molar-refractivity contribution in [3.05, 3.63) is 0 Å². The lowest BCUT2D eigenvalue weighted by molar-refractivity contribution is 0.0299. The largest absolute Gasteiger partial charge is 0.396 e. The molecule has 0 bridgehead atoms. The quantitative estimate of drug-likeness (QED) is 0.672. The monoisotopic (exact) mass is 187 g/mol. The Hall–Kier alpha value is -0.120. The van der Waals surface area contributed by atoms with Crippen LogP contribution < -0.4 is 0 Å². The molecule has 2 N–H and O–H groups in total. The average molecular weight is 187 g/mol. The van der Waals surface area contributed by atoms with Crippen molar-refractivity contribution in [2.45, 2.75) is 26.2 Å². The van der Waals surface area contributed by atoms with Gasteiger partial charge in [0.2, 0.25) is 0 Å². The first-order valence-corrected chi connectivity index (χ1v) is 5.14. The first-order valence-electron chi connectivity index (χ1n) is 5.14. The van der Waals surface area contributed by atoms with E-state index in [2.05, 4.69) is 4.90 Å². The Morgan fingerprint density at radius 2 is 1.62 bits per heavy atom. The molecule has 1 fully saturated rings. The fraction of sp³-hybridized carbons (Fsp3) is 1.00. The van der Waals surface area contributed by atoms with Gasteiger partial charge in [-0.15, -0.1) is 0 Å². The van der Waals surface area contributed by atoms with Crippen molar-refractivity contribution in [1.82, 2.24) is 4.90 Å². The molecule has 3 heteroatoms. The van der Waals surface area contributed by atoms with E-state index in [1.54, 1.807) is 0 Å². The van der Waals surface area contributed by atoms with Crippen molar-refractivity contribution in [2.24, 2.45) is 5.41 Å². The van der Waals surface area contributed by atoms with E-state index >= 15 is 0 Å². The van der Waals surface area contributed by atoms with E-state index in [-0.39, 0.29) is 18.6 Å². The molecule has 0 radical (unpaired) electrons. The van der Waals surface area contributed by atoms with Gasteiger partial charge < -0.3 is 15.1 Å². The number of hydrogen-bond acceptors (Lipinski definition) is 3. The smallest absolute Gasteiger partial charge is 0.0519 e. The van der Waals surface area contributed by atoms with E-state index < -0.39 is 0 Å².